The van der Waals surface area contributed by atoms with Gasteiger partial charge in [0.1, 0.15) is 5.78 Å². The second-order valence-corrected chi connectivity index (χ2v) is 5.44. The zero-order valence-corrected chi connectivity index (χ0v) is 11.1. The number of carbonyl (C=O) groups excluding carboxylic acids is 1. The highest BCUT2D eigenvalue weighted by Crippen LogP contribution is 2.26. The summed E-state index contributed by atoms with van der Waals surface area (Å²) in [5.41, 5.74) is 6.71. The molecule has 4 heteroatoms. The first-order chi connectivity index (χ1) is 7.93. The third-order valence-electron chi connectivity index (χ3n) is 3.06. The highest BCUT2D eigenvalue weighted by Gasteiger charge is 2.18. The van der Waals surface area contributed by atoms with Crippen LogP contribution in [0.1, 0.15) is 38.7 Å². The van der Waals surface area contributed by atoms with E-state index >= 15 is 0 Å². The molecular formula is C13H23N3O. The number of nitrogens with zero attached hydrogens (tertiary/aromatic N) is 2. The fraction of sp³-hybridized carbons (Fsp3) is 0.692. The van der Waals surface area contributed by atoms with Gasteiger partial charge in [-0.3, -0.25) is 9.48 Å². The van der Waals surface area contributed by atoms with Crippen LogP contribution in [-0.4, -0.2) is 22.1 Å². The Bertz CT molecular complexity index is 368. The lowest BCUT2D eigenvalue weighted by Gasteiger charge is -2.23. The van der Waals surface area contributed by atoms with Gasteiger partial charge in [-0.25, -0.2) is 0 Å². The third kappa shape index (κ3) is 5.13. The van der Waals surface area contributed by atoms with E-state index in [2.05, 4.69) is 18.9 Å². The molecule has 0 bridgehead atoms. The second kappa shape index (κ2) is 5.96. The van der Waals surface area contributed by atoms with E-state index in [1.807, 2.05) is 13.2 Å². The zero-order chi connectivity index (χ0) is 12.9. The Balaban J connectivity index is 2.35. The summed E-state index contributed by atoms with van der Waals surface area (Å²) in [5.74, 6) is 0.281. The first kappa shape index (κ1) is 13.9. The molecule has 0 aromatic carbocycles. The number of aromatic nitrogens is 2. The van der Waals surface area contributed by atoms with Crippen molar-refractivity contribution in [2.24, 2.45) is 18.2 Å². The van der Waals surface area contributed by atoms with Crippen LogP contribution in [0.3, 0.4) is 0 Å². The minimum absolute atomic E-state index is 0.166. The van der Waals surface area contributed by atoms with Gasteiger partial charge in [-0.05, 0) is 30.4 Å². The Morgan fingerprint density at radius 3 is 2.71 bits per heavy atom. The number of rotatable bonds is 7. The van der Waals surface area contributed by atoms with Gasteiger partial charge in [0, 0.05) is 26.1 Å². The molecule has 0 aliphatic carbocycles. The predicted molar refractivity (Wildman–Crippen MR) is 68.6 cm³/mol. The van der Waals surface area contributed by atoms with Crippen molar-refractivity contribution in [1.29, 1.82) is 0 Å². The number of nitrogens with two attached hydrogens (primary N) is 1. The molecule has 1 aromatic heterocycles. The van der Waals surface area contributed by atoms with Gasteiger partial charge in [-0.1, -0.05) is 13.8 Å². The Morgan fingerprint density at radius 2 is 2.18 bits per heavy atom. The van der Waals surface area contributed by atoms with Crippen molar-refractivity contribution in [3.63, 3.8) is 0 Å². The molecule has 0 unspecified atom stereocenters. The van der Waals surface area contributed by atoms with Gasteiger partial charge in [0.15, 0.2) is 0 Å². The van der Waals surface area contributed by atoms with Crippen LogP contribution in [0, 0.1) is 5.41 Å². The van der Waals surface area contributed by atoms with Crippen LogP contribution in [0.2, 0.25) is 0 Å². The number of hydrogen-bond donors (Lipinski definition) is 1. The number of hydrogen-bond acceptors (Lipinski definition) is 3. The monoisotopic (exact) mass is 237 g/mol. The summed E-state index contributed by atoms with van der Waals surface area (Å²) in [4.78, 5) is 11.8. The molecule has 0 aliphatic heterocycles. The van der Waals surface area contributed by atoms with E-state index in [9.17, 15) is 4.79 Å². The maximum atomic E-state index is 11.8. The molecule has 0 fully saturated rings. The molecule has 0 atom stereocenters. The predicted octanol–water partition coefficient (Wildman–Crippen LogP) is 1.69. The molecule has 0 saturated heterocycles. The summed E-state index contributed by atoms with van der Waals surface area (Å²) in [6.45, 7) is 5.01. The zero-order valence-electron chi connectivity index (χ0n) is 11.1. The fourth-order valence-corrected chi connectivity index (χ4v) is 1.87. The highest BCUT2D eigenvalue weighted by molar-refractivity contribution is 5.80. The summed E-state index contributed by atoms with van der Waals surface area (Å²) in [7, 11) is 1.86. The van der Waals surface area contributed by atoms with Crippen LogP contribution >= 0.6 is 0 Å². The maximum Gasteiger partial charge on any atom is 0.137 e. The van der Waals surface area contributed by atoms with Crippen LogP contribution in [0.25, 0.3) is 0 Å². The Hall–Kier alpha value is -1.16. The van der Waals surface area contributed by atoms with Gasteiger partial charge in [0.05, 0.1) is 6.20 Å². The molecule has 0 saturated carbocycles. The summed E-state index contributed by atoms with van der Waals surface area (Å²) in [6, 6.07) is 0. The molecule has 1 rings (SSSR count). The molecule has 2 N–H and O–H groups in total. The minimum Gasteiger partial charge on any atom is -0.330 e. The molecular weight excluding hydrogens is 214 g/mol. The summed E-state index contributed by atoms with van der Waals surface area (Å²) in [6.07, 6.45) is 6.64. The van der Waals surface area contributed by atoms with Crippen molar-refractivity contribution in [1.82, 2.24) is 9.78 Å². The van der Waals surface area contributed by atoms with Crippen LogP contribution in [0.4, 0.5) is 0 Å². The average molecular weight is 237 g/mol. The molecule has 4 nitrogen and oxygen atoms in total. The van der Waals surface area contributed by atoms with Gasteiger partial charge in [-0.15, -0.1) is 0 Å². The Kier molecular flexibility index (Phi) is 4.87. The first-order valence-corrected chi connectivity index (χ1v) is 6.12. The topological polar surface area (TPSA) is 60.9 Å². The van der Waals surface area contributed by atoms with Crippen molar-refractivity contribution < 1.29 is 4.79 Å². The Morgan fingerprint density at radius 1 is 1.47 bits per heavy atom. The van der Waals surface area contributed by atoms with Crippen molar-refractivity contribution in [2.75, 3.05) is 6.54 Å². The quantitative estimate of drug-likeness (QED) is 0.785. The van der Waals surface area contributed by atoms with E-state index in [1.54, 1.807) is 10.9 Å². The molecule has 1 aromatic rings. The molecule has 17 heavy (non-hydrogen) atoms. The lowest BCUT2D eigenvalue weighted by Crippen LogP contribution is -2.18. The minimum atomic E-state index is 0.166. The van der Waals surface area contributed by atoms with E-state index in [4.69, 9.17) is 5.73 Å². The highest BCUT2D eigenvalue weighted by atomic mass is 16.1. The van der Waals surface area contributed by atoms with Gasteiger partial charge in [0.2, 0.25) is 0 Å². The molecule has 1 heterocycles. The average Bonchev–Trinajstić information content (AvgIpc) is 2.61. The molecule has 0 amide bonds. The number of Topliss-reactive ketones (excluding diaryl/α,β-unsaturated/α-hetero) is 1. The van der Waals surface area contributed by atoms with E-state index in [-0.39, 0.29) is 11.2 Å². The van der Waals surface area contributed by atoms with Gasteiger partial charge >= 0.3 is 0 Å². The Labute approximate surface area is 103 Å². The normalized spacial score (nSPS) is 11.8. The summed E-state index contributed by atoms with van der Waals surface area (Å²) >= 11 is 0. The second-order valence-electron chi connectivity index (χ2n) is 5.44. The van der Waals surface area contributed by atoms with Gasteiger partial charge in [-0.2, -0.15) is 5.10 Å². The van der Waals surface area contributed by atoms with E-state index in [0.717, 1.165) is 18.4 Å². The van der Waals surface area contributed by atoms with E-state index in [1.165, 1.54) is 0 Å². The van der Waals surface area contributed by atoms with Crippen molar-refractivity contribution in [3.8, 4) is 0 Å². The van der Waals surface area contributed by atoms with E-state index in [0.29, 0.717) is 19.4 Å². The van der Waals surface area contributed by atoms with Crippen LogP contribution in [0.15, 0.2) is 12.4 Å². The first-order valence-electron chi connectivity index (χ1n) is 6.12. The number of aryl methyl sites for hydroxylation is 1. The van der Waals surface area contributed by atoms with Crippen LogP contribution in [-0.2, 0) is 18.3 Å². The maximum absolute atomic E-state index is 11.8. The van der Waals surface area contributed by atoms with E-state index < -0.39 is 0 Å². The number of ketones is 1. The number of carbonyl (C=O) groups is 1. The standard InChI is InChI=1S/C13H23N3O/c1-13(2,6-7-14)5-4-12(17)8-11-9-15-16(3)10-11/h9-10H,4-8,14H2,1-3H3. The SMILES string of the molecule is Cn1cc(CC(=O)CCC(C)(C)CCN)cn1. The molecule has 96 valence electrons. The molecule has 0 spiro atoms. The van der Waals surface area contributed by atoms with Crippen molar-refractivity contribution in [3.05, 3.63) is 18.0 Å². The summed E-state index contributed by atoms with van der Waals surface area (Å²) in [5, 5.41) is 4.06. The lowest BCUT2D eigenvalue weighted by atomic mass is 9.83. The smallest absolute Gasteiger partial charge is 0.137 e. The molecule has 0 radical (unpaired) electrons. The largest absolute Gasteiger partial charge is 0.330 e. The van der Waals surface area contributed by atoms with Gasteiger partial charge < -0.3 is 5.73 Å². The third-order valence-corrected chi connectivity index (χ3v) is 3.06. The molecule has 0 aliphatic rings. The fourth-order valence-electron chi connectivity index (χ4n) is 1.87. The lowest BCUT2D eigenvalue weighted by molar-refractivity contribution is -0.119. The van der Waals surface area contributed by atoms with Crippen molar-refractivity contribution >= 4 is 5.78 Å². The van der Waals surface area contributed by atoms with Crippen molar-refractivity contribution in [2.45, 2.75) is 39.5 Å². The summed E-state index contributed by atoms with van der Waals surface area (Å²) < 4.78 is 1.72. The van der Waals surface area contributed by atoms with Gasteiger partial charge in [0.25, 0.3) is 0 Å². The van der Waals surface area contributed by atoms with Crippen LogP contribution < -0.4 is 5.73 Å². The van der Waals surface area contributed by atoms with Crippen LogP contribution in [0.5, 0.6) is 0 Å².